The minimum atomic E-state index is -0.742. The highest BCUT2D eigenvalue weighted by atomic mass is 16.5. The summed E-state index contributed by atoms with van der Waals surface area (Å²) in [6, 6.07) is 8.54. The molecule has 1 aromatic carbocycles. The maximum Gasteiger partial charge on any atom is 0.119 e. The van der Waals surface area contributed by atoms with E-state index in [0.717, 1.165) is 38.2 Å². The topological polar surface area (TPSA) is 50.5 Å². The summed E-state index contributed by atoms with van der Waals surface area (Å²) in [5.74, 6) is 0.838. The highest BCUT2D eigenvalue weighted by molar-refractivity contribution is 5.33. The third kappa shape index (κ3) is 4.46. The third-order valence-electron chi connectivity index (χ3n) is 5.40. The molecule has 1 fully saturated rings. The van der Waals surface area contributed by atoms with Crippen LogP contribution in [-0.2, 0) is 6.54 Å². The van der Waals surface area contributed by atoms with E-state index in [0.29, 0.717) is 12.6 Å². The first kappa shape index (κ1) is 18.9. The molecule has 3 rings (SSSR count). The van der Waals surface area contributed by atoms with Gasteiger partial charge in [0.2, 0.25) is 0 Å². The molecule has 0 atom stereocenters. The molecule has 0 saturated carbocycles. The van der Waals surface area contributed by atoms with Gasteiger partial charge in [0.1, 0.15) is 18.0 Å². The van der Waals surface area contributed by atoms with Crippen LogP contribution >= 0.6 is 0 Å². The Balaban J connectivity index is 1.52. The van der Waals surface area contributed by atoms with Gasteiger partial charge in [-0.2, -0.15) is 5.10 Å². The molecule has 0 aliphatic carbocycles. The Bertz CT molecular complexity index is 731. The molecule has 0 spiro atoms. The summed E-state index contributed by atoms with van der Waals surface area (Å²) in [4.78, 5) is 2.39. The Labute approximate surface area is 156 Å². The standard InChI is InChI=1S/C21H31N3O2/c1-16(2)24-19(7-10-22-24)14-23-11-8-21(25,9-12-23)15-26-20-6-5-17(3)18(4)13-20/h5-7,10,13,16,25H,8-9,11-12,14-15H2,1-4H3. The molecule has 1 saturated heterocycles. The largest absolute Gasteiger partial charge is 0.491 e. The van der Waals surface area contributed by atoms with Crippen LogP contribution in [0.1, 0.15) is 49.6 Å². The molecule has 1 aliphatic heterocycles. The minimum Gasteiger partial charge on any atom is -0.491 e. The van der Waals surface area contributed by atoms with Crippen molar-refractivity contribution in [1.82, 2.24) is 14.7 Å². The number of likely N-dealkylation sites (tertiary alicyclic amines) is 1. The molecule has 1 aliphatic rings. The van der Waals surface area contributed by atoms with Crippen LogP contribution in [0.2, 0.25) is 0 Å². The van der Waals surface area contributed by atoms with Crippen molar-refractivity contribution in [2.24, 2.45) is 0 Å². The van der Waals surface area contributed by atoms with Gasteiger partial charge in [-0.05, 0) is 69.9 Å². The molecule has 142 valence electrons. The summed E-state index contributed by atoms with van der Waals surface area (Å²) in [7, 11) is 0. The number of rotatable bonds is 6. The second-order valence-electron chi connectivity index (χ2n) is 7.90. The van der Waals surface area contributed by atoms with E-state index >= 15 is 0 Å². The maximum atomic E-state index is 10.9. The van der Waals surface area contributed by atoms with Crippen molar-refractivity contribution in [1.29, 1.82) is 0 Å². The Morgan fingerprint density at radius 2 is 1.88 bits per heavy atom. The van der Waals surface area contributed by atoms with Gasteiger partial charge in [-0.25, -0.2) is 0 Å². The molecule has 0 amide bonds. The first-order chi connectivity index (χ1) is 12.4. The lowest BCUT2D eigenvalue weighted by atomic mass is 9.92. The fourth-order valence-electron chi connectivity index (χ4n) is 3.45. The summed E-state index contributed by atoms with van der Waals surface area (Å²) < 4.78 is 7.97. The molecule has 5 nitrogen and oxygen atoms in total. The summed E-state index contributed by atoms with van der Waals surface area (Å²) >= 11 is 0. The van der Waals surface area contributed by atoms with Gasteiger partial charge in [-0.3, -0.25) is 9.58 Å². The third-order valence-corrected chi connectivity index (χ3v) is 5.40. The van der Waals surface area contributed by atoms with Gasteiger partial charge in [-0.15, -0.1) is 0 Å². The Kier molecular flexibility index (Phi) is 5.68. The van der Waals surface area contributed by atoms with Crippen molar-refractivity contribution in [3.8, 4) is 5.75 Å². The van der Waals surface area contributed by atoms with E-state index in [1.165, 1.54) is 16.8 Å². The SMILES string of the molecule is Cc1ccc(OCC2(O)CCN(Cc3ccnn3C(C)C)CC2)cc1C. The van der Waals surface area contributed by atoms with Crippen molar-refractivity contribution in [2.45, 2.75) is 58.7 Å². The first-order valence-electron chi connectivity index (χ1n) is 9.53. The van der Waals surface area contributed by atoms with Crippen LogP contribution in [0, 0.1) is 13.8 Å². The van der Waals surface area contributed by atoms with Crippen molar-refractivity contribution >= 4 is 0 Å². The zero-order chi connectivity index (χ0) is 18.7. The summed E-state index contributed by atoms with van der Waals surface area (Å²) in [6.07, 6.45) is 3.33. The lowest BCUT2D eigenvalue weighted by Crippen LogP contribution is -2.47. The summed E-state index contributed by atoms with van der Waals surface area (Å²) in [6.45, 7) is 11.4. The van der Waals surface area contributed by atoms with Gasteiger partial charge >= 0.3 is 0 Å². The highest BCUT2D eigenvalue weighted by Gasteiger charge is 2.33. The number of aliphatic hydroxyl groups is 1. The molecular formula is C21H31N3O2. The molecule has 26 heavy (non-hydrogen) atoms. The molecule has 0 unspecified atom stereocenters. The van der Waals surface area contributed by atoms with Gasteiger partial charge in [0.15, 0.2) is 0 Å². The normalized spacial score (nSPS) is 17.6. The average Bonchev–Trinajstić information content (AvgIpc) is 3.07. The monoisotopic (exact) mass is 357 g/mol. The number of aryl methyl sites for hydroxylation is 2. The number of hydrogen-bond donors (Lipinski definition) is 1. The Hall–Kier alpha value is -1.85. The molecule has 0 bridgehead atoms. The van der Waals surface area contributed by atoms with Crippen LogP contribution < -0.4 is 4.74 Å². The maximum absolute atomic E-state index is 10.9. The minimum absolute atomic E-state index is 0.354. The Morgan fingerprint density at radius 1 is 1.15 bits per heavy atom. The van der Waals surface area contributed by atoms with Gasteiger partial charge < -0.3 is 9.84 Å². The smallest absolute Gasteiger partial charge is 0.119 e. The zero-order valence-corrected chi connectivity index (χ0v) is 16.4. The van der Waals surface area contributed by atoms with E-state index in [-0.39, 0.29) is 0 Å². The van der Waals surface area contributed by atoms with Gasteiger partial charge in [0.25, 0.3) is 0 Å². The van der Waals surface area contributed by atoms with Gasteiger partial charge in [0, 0.05) is 31.9 Å². The number of piperidine rings is 1. The second-order valence-corrected chi connectivity index (χ2v) is 7.90. The lowest BCUT2D eigenvalue weighted by molar-refractivity contribution is -0.0540. The highest BCUT2D eigenvalue weighted by Crippen LogP contribution is 2.26. The molecule has 1 aromatic heterocycles. The van der Waals surface area contributed by atoms with Crippen LogP contribution in [-0.4, -0.2) is 45.1 Å². The molecule has 2 heterocycles. The van der Waals surface area contributed by atoms with Crippen molar-refractivity contribution in [2.75, 3.05) is 19.7 Å². The number of benzene rings is 1. The average molecular weight is 357 g/mol. The quantitative estimate of drug-likeness (QED) is 0.860. The lowest BCUT2D eigenvalue weighted by Gasteiger charge is -2.38. The van der Waals surface area contributed by atoms with E-state index in [1.54, 1.807) is 0 Å². The molecule has 5 heteroatoms. The molecule has 0 radical (unpaired) electrons. The molecular weight excluding hydrogens is 326 g/mol. The van der Waals surface area contributed by atoms with Gasteiger partial charge in [-0.1, -0.05) is 6.07 Å². The number of ether oxygens (including phenoxy) is 1. The fraction of sp³-hybridized carbons (Fsp3) is 0.571. The van der Waals surface area contributed by atoms with Crippen LogP contribution in [0.5, 0.6) is 5.75 Å². The van der Waals surface area contributed by atoms with E-state index < -0.39 is 5.60 Å². The molecule has 2 aromatic rings. The van der Waals surface area contributed by atoms with Crippen LogP contribution in [0.3, 0.4) is 0 Å². The van der Waals surface area contributed by atoms with Crippen LogP contribution in [0.25, 0.3) is 0 Å². The zero-order valence-electron chi connectivity index (χ0n) is 16.4. The molecule has 1 N–H and O–H groups in total. The summed E-state index contributed by atoms with van der Waals surface area (Å²) in [5.41, 5.74) is 2.96. The van der Waals surface area contributed by atoms with E-state index in [4.69, 9.17) is 4.74 Å². The summed E-state index contributed by atoms with van der Waals surface area (Å²) in [5, 5.41) is 15.3. The van der Waals surface area contributed by atoms with Crippen molar-refractivity contribution in [3.63, 3.8) is 0 Å². The van der Waals surface area contributed by atoms with Crippen molar-refractivity contribution < 1.29 is 9.84 Å². The van der Waals surface area contributed by atoms with E-state index in [1.807, 2.05) is 18.3 Å². The first-order valence-corrected chi connectivity index (χ1v) is 9.53. The Morgan fingerprint density at radius 3 is 2.54 bits per heavy atom. The number of nitrogens with zero attached hydrogens (tertiary/aromatic N) is 3. The predicted octanol–water partition coefficient (Wildman–Crippen LogP) is 3.49. The van der Waals surface area contributed by atoms with E-state index in [9.17, 15) is 5.11 Å². The second kappa shape index (κ2) is 7.80. The van der Waals surface area contributed by atoms with Crippen molar-refractivity contribution in [3.05, 3.63) is 47.3 Å². The van der Waals surface area contributed by atoms with Crippen LogP contribution in [0.15, 0.2) is 30.5 Å². The number of aromatic nitrogens is 2. The fourth-order valence-corrected chi connectivity index (χ4v) is 3.45. The van der Waals surface area contributed by atoms with Gasteiger partial charge in [0.05, 0.1) is 5.69 Å². The van der Waals surface area contributed by atoms with Crippen LogP contribution in [0.4, 0.5) is 0 Å². The van der Waals surface area contributed by atoms with E-state index in [2.05, 4.69) is 54.5 Å². The number of hydrogen-bond acceptors (Lipinski definition) is 4. The predicted molar refractivity (Wildman–Crippen MR) is 103 cm³/mol.